The van der Waals surface area contributed by atoms with Crippen molar-refractivity contribution in [2.75, 3.05) is 5.32 Å². The molecule has 0 aliphatic carbocycles. The average Bonchev–Trinajstić information content (AvgIpc) is 2.30. The number of carbonyl (C=O) groups is 1. The number of aromatic nitrogens is 2. The molecule has 0 spiro atoms. The summed E-state index contributed by atoms with van der Waals surface area (Å²) in [7, 11) is 0. The van der Waals surface area contributed by atoms with Gasteiger partial charge in [0.15, 0.2) is 0 Å². The van der Waals surface area contributed by atoms with Gasteiger partial charge in [0.2, 0.25) is 5.95 Å². The molecule has 2 rings (SSSR count). The molecule has 0 fully saturated rings. The third-order valence-electron chi connectivity index (χ3n) is 2.38. The summed E-state index contributed by atoms with van der Waals surface area (Å²) in [6.07, 6.45) is 0. The van der Waals surface area contributed by atoms with Gasteiger partial charge >= 0.3 is 0 Å². The van der Waals surface area contributed by atoms with E-state index in [1.807, 2.05) is 19.9 Å². The quantitative estimate of drug-likeness (QED) is 0.905. The molecule has 0 aliphatic heterocycles. The van der Waals surface area contributed by atoms with E-state index >= 15 is 0 Å². The van der Waals surface area contributed by atoms with Gasteiger partial charge in [0, 0.05) is 20.9 Å². The molecular formula is C13H11BrClN3O. The minimum absolute atomic E-state index is 0.286. The molecule has 0 aliphatic rings. The zero-order valence-corrected chi connectivity index (χ0v) is 12.7. The molecule has 6 heteroatoms. The lowest BCUT2D eigenvalue weighted by Crippen LogP contribution is -2.15. The first kappa shape index (κ1) is 14.0. The average molecular weight is 341 g/mol. The first-order valence-corrected chi connectivity index (χ1v) is 6.71. The fourth-order valence-electron chi connectivity index (χ4n) is 1.62. The largest absolute Gasteiger partial charge is 0.290 e. The van der Waals surface area contributed by atoms with E-state index in [-0.39, 0.29) is 11.9 Å². The minimum atomic E-state index is -0.306. The number of rotatable bonds is 2. The zero-order chi connectivity index (χ0) is 14.0. The fraction of sp³-hybridized carbons (Fsp3) is 0.154. The lowest BCUT2D eigenvalue weighted by molar-refractivity contribution is 0.102. The summed E-state index contributed by atoms with van der Waals surface area (Å²) in [6.45, 7) is 3.69. The van der Waals surface area contributed by atoms with E-state index in [0.717, 1.165) is 11.4 Å². The number of halogens is 2. The zero-order valence-electron chi connectivity index (χ0n) is 10.4. The maximum atomic E-state index is 12.1. The molecule has 19 heavy (non-hydrogen) atoms. The summed E-state index contributed by atoms with van der Waals surface area (Å²) in [5.74, 6) is -0.0197. The highest BCUT2D eigenvalue weighted by Crippen LogP contribution is 2.21. The lowest BCUT2D eigenvalue weighted by Gasteiger charge is -2.07. The van der Waals surface area contributed by atoms with Crippen LogP contribution in [0, 0.1) is 13.8 Å². The van der Waals surface area contributed by atoms with Crippen molar-refractivity contribution < 1.29 is 4.79 Å². The molecule has 1 amide bonds. The van der Waals surface area contributed by atoms with Gasteiger partial charge in [0.05, 0.1) is 5.56 Å². The van der Waals surface area contributed by atoms with Gasteiger partial charge in [-0.05, 0) is 54.0 Å². The molecule has 0 saturated heterocycles. The van der Waals surface area contributed by atoms with Crippen molar-refractivity contribution in [2.24, 2.45) is 0 Å². The third kappa shape index (κ3) is 3.52. The molecule has 1 N–H and O–H groups in total. The van der Waals surface area contributed by atoms with Gasteiger partial charge in [-0.1, -0.05) is 11.6 Å². The SMILES string of the molecule is Cc1cc(C)nc(NC(=O)c2cc(Cl)ccc2Br)n1. The Morgan fingerprint density at radius 3 is 2.47 bits per heavy atom. The highest BCUT2D eigenvalue weighted by molar-refractivity contribution is 9.10. The van der Waals surface area contributed by atoms with Gasteiger partial charge in [-0.15, -0.1) is 0 Å². The molecule has 0 bridgehead atoms. The summed E-state index contributed by atoms with van der Waals surface area (Å²) in [6, 6.07) is 6.85. The van der Waals surface area contributed by atoms with E-state index in [2.05, 4.69) is 31.2 Å². The van der Waals surface area contributed by atoms with Crippen molar-refractivity contribution in [3.63, 3.8) is 0 Å². The van der Waals surface area contributed by atoms with E-state index in [0.29, 0.717) is 15.1 Å². The summed E-state index contributed by atoms with van der Waals surface area (Å²) in [4.78, 5) is 20.5. The number of carbonyl (C=O) groups excluding carboxylic acids is 1. The number of benzene rings is 1. The first-order valence-electron chi connectivity index (χ1n) is 5.54. The van der Waals surface area contributed by atoms with Crippen molar-refractivity contribution in [3.05, 3.63) is 50.7 Å². The standard InChI is InChI=1S/C13H11BrClN3O/c1-7-5-8(2)17-13(16-7)18-12(19)10-6-9(15)3-4-11(10)14/h3-6H,1-2H3,(H,16,17,18,19). The minimum Gasteiger partial charge on any atom is -0.290 e. The Kier molecular flexibility index (Phi) is 4.17. The van der Waals surface area contributed by atoms with Crippen LogP contribution in [0.2, 0.25) is 5.02 Å². The van der Waals surface area contributed by atoms with Crippen LogP contribution >= 0.6 is 27.5 Å². The molecule has 98 valence electrons. The lowest BCUT2D eigenvalue weighted by atomic mass is 10.2. The van der Waals surface area contributed by atoms with Crippen molar-refractivity contribution in [1.29, 1.82) is 0 Å². The fourth-order valence-corrected chi connectivity index (χ4v) is 2.22. The van der Waals surface area contributed by atoms with Crippen molar-refractivity contribution >= 4 is 39.4 Å². The number of amides is 1. The normalized spacial score (nSPS) is 10.3. The smallest absolute Gasteiger partial charge is 0.259 e. The Morgan fingerprint density at radius 2 is 1.84 bits per heavy atom. The van der Waals surface area contributed by atoms with Crippen LogP contribution in [0.15, 0.2) is 28.7 Å². The van der Waals surface area contributed by atoms with Crippen LogP contribution in [0.4, 0.5) is 5.95 Å². The van der Waals surface area contributed by atoms with Gasteiger partial charge in [-0.2, -0.15) is 0 Å². The molecule has 1 aromatic heterocycles. The van der Waals surface area contributed by atoms with Crippen molar-refractivity contribution in [1.82, 2.24) is 9.97 Å². The molecule has 2 aromatic rings. The molecule has 0 saturated carbocycles. The van der Waals surface area contributed by atoms with Gasteiger partial charge in [0.25, 0.3) is 5.91 Å². The molecule has 0 radical (unpaired) electrons. The van der Waals surface area contributed by atoms with Crippen LogP contribution in [0.3, 0.4) is 0 Å². The Bertz CT molecular complexity index is 626. The summed E-state index contributed by atoms with van der Waals surface area (Å²) < 4.78 is 0.666. The Morgan fingerprint density at radius 1 is 1.21 bits per heavy atom. The number of hydrogen-bond donors (Lipinski definition) is 1. The second-order valence-corrected chi connectivity index (χ2v) is 5.34. The van der Waals surface area contributed by atoms with Crippen molar-refractivity contribution in [3.8, 4) is 0 Å². The molecule has 4 nitrogen and oxygen atoms in total. The predicted octanol–water partition coefficient (Wildman–Crippen LogP) is 3.76. The van der Waals surface area contributed by atoms with Crippen molar-refractivity contribution in [2.45, 2.75) is 13.8 Å². The molecule has 1 heterocycles. The highest BCUT2D eigenvalue weighted by atomic mass is 79.9. The Labute approximate surface area is 124 Å². The topological polar surface area (TPSA) is 54.9 Å². The molecular weight excluding hydrogens is 330 g/mol. The Balaban J connectivity index is 2.28. The molecule has 0 atom stereocenters. The van der Waals surface area contributed by atoms with Crippen LogP contribution in [0.5, 0.6) is 0 Å². The monoisotopic (exact) mass is 339 g/mol. The van der Waals surface area contributed by atoms with Gasteiger partial charge in [-0.3, -0.25) is 10.1 Å². The van der Waals surface area contributed by atoms with Gasteiger partial charge < -0.3 is 0 Å². The van der Waals surface area contributed by atoms with E-state index in [1.54, 1.807) is 18.2 Å². The van der Waals surface area contributed by atoms with E-state index in [1.165, 1.54) is 0 Å². The number of nitrogens with one attached hydrogen (secondary N) is 1. The first-order chi connectivity index (χ1) is 8.95. The second kappa shape index (κ2) is 5.67. The summed E-state index contributed by atoms with van der Waals surface area (Å²) >= 11 is 9.20. The van der Waals surface area contributed by atoms with E-state index < -0.39 is 0 Å². The number of aryl methyl sites for hydroxylation is 2. The third-order valence-corrected chi connectivity index (χ3v) is 3.31. The van der Waals surface area contributed by atoms with Crippen LogP contribution in [-0.4, -0.2) is 15.9 Å². The van der Waals surface area contributed by atoms with Crippen LogP contribution in [0.25, 0.3) is 0 Å². The van der Waals surface area contributed by atoms with Crippen LogP contribution in [-0.2, 0) is 0 Å². The van der Waals surface area contributed by atoms with Gasteiger partial charge in [0.1, 0.15) is 0 Å². The number of anilines is 1. The maximum Gasteiger partial charge on any atom is 0.259 e. The van der Waals surface area contributed by atoms with E-state index in [4.69, 9.17) is 11.6 Å². The number of hydrogen-bond acceptors (Lipinski definition) is 3. The summed E-state index contributed by atoms with van der Waals surface area (Å²) in [5, 5.41) is 3.15. The molecule has 1 aromatic carbocycles. The molecule has 0 unspecified atom stereocenters. The van der Waals surface area contributed by atoms with Crippen LogP contribution < -0.4 is 5.32 Å². The summed E-state index contributed by atoms with van der Waals surface area (Å²) in [5.41, 5.74) is 2.04. The van der Waals surface area contributed by atoms with Gasteiger partial charge in [-0.25, -0.2) is 9.97 Å². The highest BCUT2D eigenvalue weighted by Gasteiger charge is 2.12. The number of nitrogens with zero attached hydrogens (tertiary/aromatic N) is 2. The predicted molar refractivity (Wildman–Crippen MR) is 78.6 cm³/mol. The van der Waals surface area contributed by atoms with E-state index in [9.17, 15) is 4.79 Å². The maximum absolute atomic E-state index is 12.1. The second-order valence-electron chi connectivity index (χ2n) is 4.05. The Hall–Kier alpha value is -1.46. The van der Waals surface area contributed by atoms with Crippen LogP contribution in [0.1, 0.15) is 21.7 Å².